The number of anilines is 2. The van der Waals surface area contributed by atoms with Gasteiger partial charge in [0.25, 0.3) is 0 Å². The van der Waals surface area contributed by atoms with Gasteiger partial charge in [0.15, 0.2) is 0 Å². The lowest BCUT2D eigenvalue weighted by Crippen LogP contribution is -2.28. The number of rotatable bonds is 3. The molecule has 1 saturated heterocycles. The number of amides is 2. The first-order valence-corrected chi connectivity index (χ1v) is 7.47. The van der Waals surface area contributed by atoms with Crippen LogP contribution in [0.2, 0.25) is 0 Å². The van der Waals surface area contributed by atoms with E-state index in [4.69, 9.17) is 0 Å². The highest BCUT2D eigenvalue weighted by Crippen LogP contribution is 2.28. The van der Waals surface area contributed by atoms with Crippen molar-refractivity contribution in [1.29, 1.82) is 0 Å². The fourth-order valence-electron chi connectivity index (χ4n) is 2.76. The highest BCUT2D eigenvalue weighted by atomic mass is 19.1. The summed E-state index contributed by atoms with van der Waals surface area (Å²) in [5.41, 5.74) is 2.37. The van der Waals surface area contributed by atoms with E-state index in [1.54, 1.807) is 4.90 Å². The number of hydrogen-bond donors (Lipinski definition) is 1. The average Bonchev–Trinajstić information content (AvgIpc) is 2.92. The molecule has 3 rings (SSSR count). The van der Waals surface area contributed by atoms with Crippen molar-refractivity contribution >= 4 is 23.2 Å². The minimum absolute atomic E-state index is 0.0569. The fraction of sp³-hybridized carbons (Fsp3) is 0.222. The maximum absolute atomic E-state index is 12.9. The zero-order valence-electron chi connectivity index (χ0n) is 12.8. The monoisotopic (exact) mass is 312 g/mol. The molecule has 0 saturated carbocycles. The molecule has 0 radical (unpaired) electrons. The van der Waals surface area contributed by atoms with Crippen molar-refractivity contribution in [2.75, 3.05) is 16.8 Å². The van der Waals surface area contributed by atoms with E-state index in [2.05, 4.69) is 5.32 Å². The van der Waals surface area contributed by atoms with Crippen LogP contribution in [0.4, 0.5) is 15.8 Å². The third kappa shape index (κ3) is 3.23. The summed E-state index contributed by atoms with van der Waals surface area (Å²) in [6.07, 6.45) is 0.182. The summed E-state index contributed by atoms with van der Waals surface area (Å²) >= 11 is 0. The summed E-state index contributed by atoms with van der Waals surface area (Å²) in [7, 11) is 0. The second-order valence-corrected chi connectivity index (χ2v) is 5.69. The Bertz CT molecular complexity index is 743. The first-order chi connectivity index (χ1) is 11.0. The van der Waals surface area contributed by atoms with Gasteiger partial charge in [-0.2, -0.15) is 0 Å². The molecule has 0 spiro atoms. The maximum Gasteiger partial charge on any atom is 0.229 e. The van der Waals surface area contributed by atoms with Crippen molar-refractivity contribution in [2.24, 2.45) is 5.92 Å². The molecule has 1 fully saturated rings. The van der Waals surface area contributed by atoms with Crippen LogP contribution >= 0.6 is 0 Å². The predicted octanol–water partition coefficient (Wildman–Crippen LogP) is 3.13. The maximum atomic E-state index is 12.9. The van der Waals surface area contributed by atoms with E-state index in [-0.39, 0.29) is 24.1 Å². The molecule has 0 aromatic heterocycles. The first-order valence-electron chi connectivity index (χ1n) is 7.47. The zero-order chi connectivity index (χ0) is 16.4. The van der Waals surface area contributed by atoms with E-state index in [0.29, 0.717) is 12.2 Å². The second kappa shape index (κ2) is 6.20. The van der Waals surface area contributed by atoms with Gasteiger partial charge in [0, 0.05) is 24.3 Å². The van der Waals surface area contributed by atoms with Gasteiger partial charge in [-0.1, -0.05) is 18.2 Å². The Morgan fingerprint density at radius 2 is 1.87 bits per heavy atom. The summed E-state index contributed by atoms with van der Waals surface area (Å²) in [4.78, 5) is 26.2. The number of carbonyl (C=O) groups excluding carboxylic acids is 2. The van der Waals surface area contributed by atoms with E-state index >= 15 is 0 Å². The fourth-order valence-corrected chi connectivity index (χ4v) is 2.76. The number of para-hydroxylation sites is 1. The van der Waals surface area contributed by atoms with E-state index in [0.717, 1.165) is 11.3 Å². The third-order valence-corrected chi connectivity index (χ3v) is 4.01. The molecule has 0 aliphatic carbocycles. The summed E-state index contributed by atoms with van der Waals surface area (Å²) < 4.78 is 12.9. The van der Waals surface area contributed by atoms with Crippen molar-refractivity contribution in [3.63, 3.8) is 0 Å². The van der Waals surface area contributed by atoms with Gasteiger partial charge in [-0.25, -0.2) is 4.39 Å². The molecule has 23 heavy (non-hydrogen) atoms. The van der Waals surface area contributed by atoms with E-state index in [1.807, 2.05) is 31.2 Å². The van der Waals surface area contributed by atoms with Crippen LogP contribution in [0.15, 0.2) is 48.5 Å². The molecular formula is C18H17FN2O2. The highest BCUT2D eigenvalue weighted by molar-refractivity contribution is 6.03. The van der Waals surface area contributed by atoms with Gasteiger partial charge in [0.1, 0.15) is 5.82 Å². The molecule has 1 N–H and O–H groups in total. The van der Waals surface area contributed by atoms with E-state index in [9.17, 15) is 14.0 Å². The number of benzene rings is 2. The van der Waals surface area contributed by atoms with Crippen LogP contribution in [-0.2, 0) is 9.59 Å². The van der Waals surface area contributed by atoms with E-state index in [1.165, 1.54) is 24.3 Å². The predicted molar refractivity (Wildman–Crippen MR) is 86.7 cm³/mol. The van der Waals surface area contributed by atoms with Crippen LogP contribution < -0.4 is 10.2 Å². The Labute approximate surface area is 133 Å². The van der Waals surface area contributed by atoms with Crippen molar-refractivity contribution < 1.29 is 14.0 Å². The number of hydrogen-bond acceptors (Lipinski definition) is 2. The molecule has 5 heteroatoms. The van der Waals surface area contributed by atoms with Crippen molar-refractivity contribution in [1.82, 2.24) is 0 Å². The quantitative estimate of drug-likeness (QED) is 0.946. The summed E-state index contributed by atoms with van der Waals surface area (Å²) in [6, 6.07) is 13.2. The Kier molecular flexibility index (Phi) is 4.10. The summed E-state index contributed by atoms with van der Waals surface area (Å²) in [5.74, 6) is -1.04. The van der Waals surface area contributed by atoms with Crippen LogP contribution in [-0.4, -0.2) is 18.4 Å². The van der Waals surface area contributed by atoms with Gasteiger partial charge >= 0.3 is 0 Å². The van der Waals surface area contributed by atoms with Gasteiger partial charge in [0.05, 0.1) is 5.92 Å². The molecule has 1 heterocycles. The van der Waals surface area contributed by atoms with Crippen LogP contribution in [0, 0.1) is 18.7 Å². The van der Waals surface area contributed by atoms with Crippen LogP contribution in [0.1, 0.15) is 12.0 Å². The van der Waals surface area contributed by atoms with Gasteiger partial charge in [-0.3, -0.25) is 9.59 Å². The minimum Gasteiger partial charge on any atom is -0.326 e. The third-order valence-electron chi connectivity index (χ3n) is 4.01. The van der Waals surface area contributed by atoms with Crippen molar-refractivity contribution in [2.45, 2.75) is 13.3 Å². The van der Waals surface area contributed by atoms with Crippen LogP contribution in [0.25, 0.3) is 0 Å². The lowest BCUT2D eigenvalue weighted by atomic mass is 10.1. The number of nitrogens with one attached hydrogen (secondary N) is 1. The number of carbonyl (C=O) groups is 2. The molecule has 1 aliphatic heterocycles. The minimum atomic E-state index is -0.410. The number of nitrogens with zero attached hydrogens (tertiary/aromatic N) is 1. The lowest BCUT2D eigenvalue weighted by molar-refractivity contribution is -0.122. The normalized spacial score (nSPS) is 17.4. The smallest absolute Gasteiger partial charge is 0.229 e. The molecule has 0 bridgehead atoms. The molecule has 2 aromatic rings. The Hall–Kier alpha value is -2.69. The van der Waals surface area contributed by atoms with Crippen molar-refractivity contribution in [3.8, 4) is 0 Å². The molecular weight excluding hydrogens is 295 g/mol. The second-order valence-electron chi connectivity index (χ2n) is 5.69. The largest absolute Gasteiger partial charge is 0.326 e. The Balaban J connectivity index is 1.71. The van der Waals surface area contributed by atoms with Gasteiger partial charge in [-0.05, 0) is 42.8 Å². The molecule has 118 valence electrons. The topological polar surface area (TPSA) is 49.4 Å². The van der Waals surface area contributed by atoms with Gasteiger partial charge in [-0.15, -0.1) is 0 Å². The highest BCUT2D eigenvalue weighted by Gasteiger charge is 2.35. The summed E-state index contributed by atoms with van der Waals surface area (Å²) in [5, 5.41) is 2.73. The Morgan fingerprint density at radius 3 is 2.57 bits per heavy atom. The average molecular weight is 312 g/mol. The molecule has 2 aromatic carbocycles. The molecule has 1 aliphatic rings. The molecule has 4 nitrogen and oxygen atoms in total. The van der Waals surface area contributed by atoms with Gasteiger partial charge < -0.3 is 10.2 Å². The molecule has 2 amide bonds. The van der Waals surface area contributed by atoms with Crippen LogP contribution in [0.5, 0.6) is 0 Å². The molecule has 1 unspecified atom stereocenters. The molecule has 1 atom stereocenters. The van der Waals surface area contributed by atoms with Crippen LogP contribution in [0.3, 0.4) is 0 Å². The van der Waals surface area contributed by atoms with Crippen molar-refractivity contribution in [3.05, 3.63) is 59.9 Å². The summed E-state index contributed by atoms with van der Waals surface area (Å²) in [6.45, 7) is 2.30. The Morgan fingerprint density at radius 1 is 1.17 bits per heavy atom. The SMILES string of the molecule is Cc1ccccc1N1CC(C(=O)Nc2ccc(F)cc2)CC1=O. The number of halogens is 1. The number of aryl methyl sites for hydroxylation is 1. The zero-order valence-corrected chi connectivity index (χ0v) is 12.8. The van der Waals surface area contributed by atoms with Gasteiger partial charge in [0.2, 0.25) is 11.8 Å². The lowest BCUT2D eigenvalue weighted by Gasteiger charge is -2.19. The first kappa shape index (κ1) is 15.2. The standard InChI is InChI=1S/C18H17FN2O2/c1-12-4-2-3-5-16(12)21-11-13(10-17(21)22)18(23)20-15-8-6-14(19)7-9-15/h2-9,13H,10-11H2,1H3,(H,20,23). The van der Waals surface area contributed by atoms with E-state index < -0.39 is 5.92 Å².